The predicted molar refractivity (Wildman–Crippen MR) is 551 cm³/mol. The van der Waals surface area contributed by atoms with Gasteiger partial charge in [0.1, 0.15) is 11.5 Å². The lowest BCUT2D eigenvalue weighted by Gasteiger charge is -2.46. The van der Waals surface area contributed by atoms with Crippen LogP contribution in [0.1, 0.15) is 105 Å². The van der Waals surface area contributed by atoms with Gasteiger partial charge in [-0.15, -0.1) is 0 Å². The number of nitrogens with zero attached hydrogens (tertiary/aromatic N) is 6. The van der Waals surface area contributed by atoms with Gasteiger partial charge in [-0.3, -0.25) is 0 Å². The van der Waals surface area contributed by atoms with Crippen molar-refractivity contribution in [2.24, 2.45) is 0 Å². The molecule has 0 unspecified atom stereocenters. The fourth-order valence-corrected chi connectivity index (χ4v) is 21.3. The molecule has 2 aromatic heterocycles. The SMILES string of the molecule is [2H]c1c([2H])c([2H])c2c(c1[2H])c1c([2H])c(C#N)c([2H])c([2H])c1n2-c1ccc2c(c1)N(c1c(-c3ccccc3)cc(C(C)(C)C)cc1-c1cccc(-c3ccccc3)c1)c1cc(-c3ccc4c(c3)C3(c5ccccc5O4)c4ccccc4-c4ccccc43)cc3c1B2c1ccc(-n2c4c([2H])c([2H])c([2H])c([2H])c4c4c([2H])c(C#N)c([2H])c([2H])c42)cc1N3c1c(-c2ccccc2)cc(C(C)(C)C)cc1-c1cccc(-c2ccccc2)c1. The van der Waals surface area contributed by atoms with E-state index in [0.717, 1.165) is 122 Å². The third kappa shape index (κ3) is 12.3. The van der Waals surface area contributed by atoms with Crippen LogP contribution in [0.2, 0.25) is 0 Å². The van der Waals surface area contributed by atoms with Gasteiger partial charge >= 0.3 is 0 Å². The maximum absolute atomic E-state index is 11.0. The topological polar surface area (TPSA) is 73.1 Å². The van der Waals surface area contributed by atoms with Gasteiger partial charge in [0.25, 0.3) is 6.71 Å². The first-order valence-electron chi connectivity index (χ1n) is 51.9. The first-order chi connectivity index (χ1) is 71.0. The third-order valence-corrected chi connectivity index (χ3v) is 27.4. The lowest BCUT2D eigenvalue weighted by atomic mass is 9.33. The summed E-state index contributed by atoms with van der Waals surface area (Å²) in [7, 11) is 0. The zero-order chi connectivity index (χ0) is 101. The Kier molecular flexibility index (Phi) is 14.7. The minimum Gasteiger partial charge on any atom is -0.457 e. The highest BCUT2D eigenvalue weighted by atomic mass is 16.5. The van der Waals surface area contributed by atoms with Crippen LogP contribution in [0, 0.1) is 22.7 Å². The number of aromatic nitrogens is 2. The van der Waals surface area contributed by atoms with Crippen molar-refractivity contribution >= 4 is 101 Å². The highest BCUT2D eigenvalue weighted by molar-refractivity contribution is 7.00. The average Bonchev–Trinajstić information content (AvgIpc) is 1.69. The van der Waals surface area contributed by atoms with E-state index in [4.69, 9.17) is 4.74 Å². The summed E-state index contributed by atoms with van der Waals surface area (Å²) in [5, 5.41) is 21.5. The van der Waals surface area contributed by atoms with Gasteiger partial charge in [-0.05, 0) is 256 Å². The summed E-state index contributed by atoms with van der Waals surface area (Å²) in [6, 6.07) is 112. The normalized spacial score (nSPS) is 14.6. The highest BCUT2D eigenvalue weighted by Gasteiger charge is 2.52. The Bertz CT molecular complexity index is 8980. The zero-order valence-electron chi connectivity index (χ0n) is 87.4. The monoisotopic (exact) mass is 1710 g/mol. The molecule has 1 aliphatic carbocycles. The Morgan fingerprint density at radius 1 is 0.301 bits per heavy atom. The van der Waals surface area contributed by atoms with Gasteiger partial charge in [0.05, 0.1) is 81.3 Å². The number of anilines is 6. The highest BCUT2D eigenvalue weighted by Crippen LogP contribution is 2.64. The molecule has 3 aliphatic heterocycles. The Balaban J connectivity index is 0.914. The lowest BCUT2D eigenvalue weighted by molar-refractivity contribution is 0.436. The molecule has 25 rings (SSSR count). The summed E-state index contributed by atoms with van der Waals surface area (Å²) < 4.78 is 149. The Morgan fingerprint density at radius 3 is 1.14 bits per heavy atom. The van der Waals surface area contributed by atoms with Crippen LogP contribution in [0.15, 0.2) is 418 Å². The lowest BCUT2D eigenvalue weighted by Crippen LogP contribution is -2.61. The molecule has 0 atom stereocenters. The quantitative estimate of drug-likeness (QED) is 0.121. The van der Waals surface area contributed by atoms with Crippen LogP contribution in [0.5, 0.6) is 11.5 Å². The van der Waals surface area contributed by atoms with Gasteiger partial charge in [0, 0.05) is 89.0 Å². The third-order valence-electron chi connectivity index (χ3n) is 27.4. The Labute approximate surface area is 794 Å². The van der Waals surface area contributed by atoms with E-state index in [1.54, 1.807) is 9.13 Å². The molecule has 7 nitrogen and oxygen atoms in total. The number of rotatable bonds is 11. The molecule has 0 saturated carbocycles. The fraction of sp³-hybridized carbons (Fsp3) is 0.0720. The van der Waals surface area contributed by atoms with Gasteiger partial charge in [0.2, 0.25) is 0 Å². The Hall–Kier alpha value is -16.8. The van der Waals surface area contributed by atoms with E-state index in [1.807, 2.05) is 133 Å². The van der Waals surface area contributed by atoms with Crippen molar-refractivity contribution in [2.75, 3.05) is 9.80 Å². The van der Waals surface area contributed by atoms with Crippen LogP contribution in [0.25, 0.3) is 144 Å². The molecular formula is C125H87BN6O. The van der Waals surface area contributed by atoms with Crippen molar-refractivity contribution in [3.63, 3.8) is 0 Å². The van der Waals surface area contributed by atoms with Crippen LogP contribution in [-0.4, -0.2) is 15.8 Å². The summed E-state index contributed by atoms with van der Waals surface area (Å²) in [4.78, 5) is 4.72. The van der Waals surface area contributed by atoms with Crippen molar-refractivity contribution in [1.29, 1.82) is 10.5 Å². The number of hydrogen-bond acceptors (Lipinski definition) is 5. The first kappa shape index (κ1) is 64.9. The second-order valence-electron chi connectivity index (χ2n) is 36.9. The maximum Gasteiger partial charge on any atom is 0.252 e. The van der Waals surface area contributed by atoms with Gasteiger partial charge in [-0.2, -0.15) is 10.5 Å². The van der Waals surface area contributed by atoms with E-state index in [0.29, 0.717) is 62.1 Å². The molecule has 21 aromatic rings. The van der Waals surface area contributed by atoms with E-state index < -0.39 is 119 Å². The van der Waals surface area contributed by atoms with E-state index in [-0.39, 0.29) is 55.0 Å². The zero-order valence-corrected chi connectivity index (χ0v) is 73.4. The summed E-state index contributed by atoms with van der Waals surface area (Å²) in [6.45, 7) is 12.4. The van der Waals surface area contributed by atoms with Crippen LogP contribution in [0.4, 0.5) is 34.1 Å². The molecular weight excluding hydrogens is 1610 g/mol. The average molecular weight is 1710 g/mol. The van der Waals surface area contributed by atoms with Crippen molar-refractivity contribution in [3.8, 4) is 124 Å². The van der Waals surface area contributed by atoms with Crippen LogP contribution in [0.3, 0.4) is 0 Å². The molecule has 133 heavy (non-hydrogen) atoms. The molecule has 0 radical (unpaired) electrons. The van der Waals surface area contributed by atoms with Gasteiger partial charge in [-0.1, -0.05) is 320 Å². The smallest absolute Gasteiger partial charge is 0.252 e. The van der Waals surface area contributed by atoms with Gasteiger partial charge < -0.3 is 23.7 Å². The summed E-state index contributed by atoms with van der Waals surface area (Å²) in [5.41, 5.74) is 22.9. The molecule has 1 spiro atoms. The van der Waals surface area contributed by atoms with E-state index >= 15 is 0 Å². The molecule has 0 bridgehead atoms. The van der Waals surface area contributed by atoms with Crippen LogP contribution >= 0.6 is 0 Å². The first-order valence-corrected chi connectivity index (χ1v) is 44.9. The molecule has 0 amide bonds. The van der Waals surface area contributed by atoms with E-state index in [2.05, 4.69) is 264 Å². The molecule has 626 valence electrons. The Morgan fingerprint density at radius 2 is 0.684 bits per heavy atom. The van der Waals surface area contributed by atoms with Crippen molar-refractivity contribution in [2.45, 2.75) is 57.8 Å². The molecule has 8 heteroatoms. The minimum absolute atomic E-state index is 0.102. The summed E-state index contributed by atoms with van der Waals surface area (Å²) in [5.74, 6) is 1.33. The molecule has 19 aromatic carbocycles. The molecule has 4 aliphatic rings. The molecule has 0 N–H and O–H groups in total. The van der Waals surface area contributed by atoms with Crippen molar-refractivity contribution in [3.05, 3.63) is 463 Å². The van der Waals surface area contributed by atoms with Crippen molar-refractivity contribution in [1.82, 2.24) is 9.13 Å². The van der Waals surface area contributed by atoms with Crippen LogP contribution in [-0.2, 0) is 16.2 Å². The number of fused-ring (bicyclic) bond motifs is 19. The predicted octanol–water partition coefficient (Wildman–Crippen LogP) is 30.4. The van der Waals surface area contributed by atoms with E-state index in [1.165, 1.54) is 0 Å². The summed E-state index contributed by atoms with van der Waals surface area (Å²) >= 11 is 0. The van der Waals surface area contributed by atoms with Crippen LogP contribution < -0.4 is 30.9 Å². The number of nitriles is 2. The van der Waals surface area contributed by atoms with E-state index in [9.17, 15) is 29.7 Å². The second-order valence-corrected chi connectivity index (χ2v) is 36.9. The van der Waals surface area contributed by atoms with Gasteiger partial charge in [0.15, 0.2) is 0 Å². The summed E-state index contributed by atoms with van der Waals surface area (Å²) in [6.07, 6.45) is 0. The maximum atomic E-state index is 11.0. The van der Waals surface area contributed by atoms with Crippen molar-refractivity contribution < 1.29 is 23.9 Å². The largest absolute Gasteiger partial charge is 0.457 e. The molecule has 0 fully saturated rings. The van der Waals surface area contributed by atoms with Gasteiger partial charge in [-0.25, -0.2) is 0 Å². The second kappa shape index (κ2) is 30.2. The minimum atomic E-state index is -0.993. The fourth-order valence-electron chi connectivity index (χ4n) is 21.3. The standard InChI is InChI=1S/C125H87BN6O/c1-123(2,3)90-70-98(82-35-15-9-16-36-82)121(100(72-90)87-41-29-39-84(65-87)80-31-11-7-12-32-80)131-114-74-92(129-110-50-26-21-45-96(110)102-63-78(76-127)53-60-112(102)129)56-58-108(114)126-109-59-57-93(130-111-51-27-22-46-97(111)103-64-79(77-128)54-61-113(103)130)75-115(109)132(122-99(83-37-17-10-18-38-83)71-91(124(4,5)6)73-101(122)88-42-30-40-85(66-88)81-33-13-8-14-34-81)117-69-89(68-116(131)120(117)126)86-55-62-119-107(67-86)125(106-49-25-28-52-118(106)133-119)104-47-23-19-43-94(104)95-44-20-24-48-105(95)125/h7-75H,1-6H3/i21D,22D,26D,27D,45D,46D,50D,51D,53D,54D,60D,61D,63D,64D. The number of ether oxygens (including phenoxy) is 1. The number of hydrogen-bond donors (Lipinski definition) is 0. The molecule has 5 heterocycles. The number of para-hydroxylation sites is 3. The number of benzene rings is 19. The molecule has 0 saturated heterocycles.